The monoisotopic (exact) mass is 474 g/mol. The summed E-state index contributed by atoms with van der Waals surface area (Å²) < 4.78 is 3.16. The molecule has 0 fully saturated rings. The van der Waals surface area contributed by atoms with Crippen LogP contribution in [0.15, 0.2) is 78.0 Å². The van der Waals surface area contributed by atoms with Crippen LogP contribution in [0.1, 0.15) is 15.9 Å². The van der Waals surface area contributed by atoms with Crippen molar-refractivity contribution in [1.82, 2.24) is 9.88 Å². The summed E-state index contributed by atoms with van der Waals surface area (Å²) in [6.45, 7) is 0.634. The quantitative estimate of drug-likeness (QED) is 0.207. The van der Waals surface area contributed by atoms with Crippen LogP contribution in [-0.2, 0) is 6.54 Å². The molecule has 33 heavy (non-hydrogen) atoms. The second-order valence-electron chi connectivity index (χ2n) is 7.59. The SMILES string of the molecule is CN1Cc2cc(-c3ccc(-c4cncc(NSc5ccccc5[N+](=O)[O-])c4)s3)ccc2C1=O. The number of nitrogens with one attached hydrogen (secondary N) is 1. The van der Waals surface area contributed by atoms with E-state index in [1.807, 2.05) is 25.2 Å². The third kappa shape index (κ3) is 4.20. The number of pyridine rings is 1. The number of nitro groups is 1. The molecule has 0 radical (unpaired) electrons. The molecule has 2 aromatic carbocycles. The van der Waals surface area contributed by atoms with Gasteiger partial charge in [0.05, 0.1) is 16.8 Å². The van der Waals surface area contributed by atoms with Gasteiger partial charge in [-0.25, -0.2) is 0 Å². The minimum atomic E-state index is -0.390. The van der Waals surface area contributed by atoms with Crippen molar-refractivity contribution in [2.45, 2.75) is 11.4 Å². The lowest BCUT2D eigenvalue weighted by Crippen LogP contribution is -2.17. The Hall–Kier alpha value is -3.69. The van der Waals surface area contributed by atoms with E-state index in [-0.39, 0.29) is 11.6 Å². The summed E-state index contributed by atoms with van der Waals surface area (Å²) in [6.07, 6.45) is 3.49. The molecule has 164 valence electrons. The molecule has 9 heteroatoms. The number of aromatic nitrogens is 1. The summed E-state index contributed by atoms with van der Waals surface area (Å²) in [6, 6.07) is 18.7. The van der Waals surface area contributed by atoms with Crippen molar-refractivity contribution >= 4 is 40.6 Å². The van der Waals surface area contributed by atoms with E-state index in [0.717, 1.165) is 37.7 Å². The molecule has 0 aliphatic carbocycles. The van der Waals surface area contributed by atoms with Crippen LogP contribution in [0, 0.1) is 10.1 Å². The third-order valence-corrected chi connectivity index (χ3v) is 7.43. The van der Waals surface area contributed by atoms with Gasteiger partial charge in [0.2, 0.25) is 0 Å². The number of carbonyl (C=O) groups is 1. The van der Waals surface area contributed by atoms with Crippen LogP contribution < -0.4 is 4.72 Å². The average molecular weight is 475 g/mol. The highest BCUT2D eigenvalue weighted by molar-refractivity contribution is 8.00. The van der Waals surface area contributed by atoms with E-state index in [1.165, 1.54) is 18.0 Å². The number of benzene rings is 2. The second-order valence-corrected chi connectivity index (χ2v) is 9.52. The largest absolute Gasteiger partial charge is 0.337 e. The fraction of sp³-hybridized carbons (Fsp3) is 0.0833. The number of anilines is 1. The van der Waals surface area contributed by atoms with Crippen LogP contribution in [0.25, 0.3) is 20.9 Å². The van der Waals surface area contributed by atoms with Crippen LogP contribution in [0.2, 0.25) is 0 Å². The van der Waals surface area contributed by atoms with E-state index in [9.17, 15) is 14.9 Å². The van der Waals surface area contributed by atoms with Gasteiger partial charge in [-0.15, -0.1) is 11.3 Å². The summed E-state index contributed by atoms with van der Waals surface area (Å²) in [7, 11) is 1.81. The summed E-state index contributed by atoms with van der Waals surface area (Å²) in [5.41, 5.74) is 4.68. The van der Waals surface area contributed by atoms with Gasteiger partial charge in [0.25, 0.3) is 11.6 Å². The van der Waals surface area contributed by atoms with Gasteiger partial charge < -0.3 is 9.62 Å². The molecule has 4 aromatic rings. The third-order valence-electron chi connectivity index (χ3n) is 5.34. The number of amides is 1. The summed E-state index contributed by atoms with van der Waals surface area (Å²) in [4.78, 5) is 31.7. The van der Waals surface area contributed by atoms with Crippen molar-refractivity contribution in [2.24, 2.45) is 0 Å². The standard InChI is InChI=1S/C24H18N4O3S2/c1-27-14-17-10-15(6-7-19(17)24(27)29)21-8-9-22(32-21)16-11-18(13-25-12-16)26-33-23-5-3-2-4-20(23)28(30)31/h2-13,26H,14H2,1H3. The van der Waals surface area contributed by atoms with Gasteiger partial charge in [-0.3, -0.25) is 19.9 Å². The average Bonchev–Trinajstić information content (AvgIpc) is 3.43. The Morgan fingerprint density at radius 3 is 2.67 bits per heavy atom. The fourth-order valence-corrected chi connectivity index (χ4v) is 5.42. The molecular formula is C24H18N4O3S2. The minimum Gasteiger partial charge on any atom is -0.337 e. The Balaban J connectivity index is 1.35. The number of nitro benzene ring substituents is 1. The van der Waals surface area contributed by atoms with Gasteiger partial charge in [-0.2, -0.15) is 0 Å². The van der Waals surface area contributed by atoms with Crippen LogP contribution in [0.4, 0.5) is 11.4 Å². The van der Waals surface area contributed by atoms with Gasteiger partial charge in [0.1, 0.15) is 4.90 Å². The molecule has 1 amide bonds. The van der Waals surface area contributed by atoms with Crippen LogP contribution in [0.3, 0.4) is 0 Å². The van der Waals surface area contributed by atoms with Gasteiger partial charge in [-0.05, 0) is 59.5 Å². The lowest BCUT2D eigenvalue weighted by molar-refractivity contribution is -0.387. The normalized spacial score (nSPS) is 12.6. The molecule has 1 aliphatic heterocycles. The lowest BCUT2D eigenvalue weighted by atomic mass is 10.1. The summed E-state index contributed by atoms with van der Waals surface area (Å²) in [5.74, 6) is 0.0671. The zero-order chi connectivity index (χ0) is 22.9. The van der Waals surface area contributed by atoms with Crippen LogP contribution in [0.5, 0.6) is 0 Å². The van der Waals surface area contributed by atoms with Crippen molar-refractivity contribution in [3.05, 3.63) is 94.3 Å². The lowest BCUT2D eigenvalue weighted by Gasteiger charge is -2.07. The van der Waals surface area contributed by atoms with E-state index in [4.69, 9.17) is 0 Å². The highest BCUT2D eigenvalue weighted by atomic mass is 32.2. The maximum atomic E-state index is 12.1. The molecule has 0 spiro atoms. The number of hydrogen-bond acceptors (Lipinski definition) is 7. The first kappa shape index (κ1) is 21.2. The number of para-hydroxylation sites is 1. The molecule has 7 nitrogen and oxygen atoms in total. The van der Waals surface area contributed by atoms with Crippen molar-refractivity contribution in [3.8, 4) is 20.9 Å². The molecule has 0 saturated carbocycles. The Kier molecular flexibility index (Phi) is 5.57. The van der Waals surface area contributed by atoms with Crippen molar-refractivity contribution in [3.63, 3.8) is 0 Å². The number of thiophene rings is 1. The van der Waals surface area contributed by atoms with E-state index in [1.54, 1.807) is 46.8 Å². The molecule has 5 rings (SSSR count). The first-order chi connectivity index (χ1) is 16.0. The van der Waals surface area contributed by atoms with Gasteiger partial charge in [0.15, 0.2) is 0 Å². The van der Waals surface area contributed by atoms with Gasteiger partial charge in [0, 0.05) is 46.7 Å². The van der Waals surface area contributed by atoms with Crippen molar-refractivity contribution in [2.75, 3.05) is 11.8 Å². The minimum absolute atomic E-state index is 0.0595. The van der Waals surface area contributed by atoms with E-state index < -0.39 is 4.92 Å². The number of rotatable bonds is 6. The van der Waals surface area contributed by atoms with Crippen molar-refractivity contribution in [1.29, 1.82) is 0 Å². The Morgan fingerprint density at radius 2 is 1.85 bits per heavy atom. The Morgan fingerprint density at radius 1 is 1.06 bits per heavy atom. The zero-order valence-corrected chi connectivity index (χ0v) is 19.2. The fourth-order valence-electron chi connectivity index (χ4n) is 3.71. The van der Waals surface area contributed by atoms with Crippen LogP contribution >= 0.6 is 23.3 Å². The molecule has 0 atom stereocenters. The number of fused-ring (bicyclic) bond motifs is 1. The van der Waals surface area contributed by atoms with Gasteiger partial charge in [-0.1, -0.05) is 18.2 Å². The molecule has 1 N–H and O–H groups in total. The molecule has 3 heterocycles. The first-order valence-corrected chi connectivity index (χ1v) is 11.7. The highest BCUT2D eigenvalue weighted by Gasteiger charge is 2.24. The first-order valence-electron chi connectivity index (χ1n) is 10.1. The zero-order valence-electron chi connectivity index (χ0n) is 17.5. The Labute approximate surface area is 198 Å². The smallest absolute Gasteiger partial charge is 0.284 e. The maximum absolute atomic E-state index is 12.1. The molecule has 1 aliphatic rings. The summed E-state index contributed by atoms with van der Waals surface area (Å²) in [5, 5.41) is 11.2. The van der Waals surface area contributed by atoms with E-state index in [2.05, 4.69) is 27.9 Å². The molecule has 2 aromatic heterocycles. The number of carbonyl (C=O) groups excluding carboxylic acids is 1. The number of hydrogen-bond donors (Lipinski definition) is 1. The van der Waals surface area contributed by atoms with Crippen LogP contribution in [-0.4, -0.2) is 27.8 Å². The molecule has 0 unspecified atom stereocenters. The topological polar surface area (TPSA) is 88.4 Å². The number of nitrogens with zero attached hydrogens (tertiary/aromatic N) is 3. The predicted molar refractivity (Wildman–Crippen MR) is 131 cm³/mol. The predicted octanol–water partition coefficient (Wildman–Crippen LogP) is 6.09. The second kappa shape index (κ2) is 8.68. The molecular weight excluding hydrogens is 456 g/mol. The molecule has 0 bridgehead atoms. The maximum Gasteiger partial charge on any atom is 0.284 e. The van der Waals surface area contributed by atoms with Gasteiger partial charge >= 0.3 is 0 Å². The molecule has 0 saturated heterocycles. The summed E-state index contributed by atoms with van der Waals surface area (Å²) >= 11 is 2.84. The van der Waals surface area contributed by atoms with E-state index >= 15 is 0 Å². The Bertz CT molecular complexity index is 1390. The highest BCUT2D eigenvalue weighted by Crippen LogP contribution is 2.37. The van der Waals surface area contributed by atoms with E-state index in [0.29, 0.717) is 11.4 Å². The van der Waals surface area contributed by atoms with Crippen molar-refractivity contribution < 1.29 is 9.72 Å².